The van der Waals surface area contributed by atoms with Gasteiger partial charge >= 0.3 is 0 Å². The van der Waals surface area contributed by atoms with E-state index in [-0.39, 0.29) is 5.57 Å². The molecule has 1 aromatic heterocycles. The van der Waals surface area contributed by atoms with Gasteiger partial charge < -0.3 is 19.5 Å². The zero-order valence-electron chi connectivity index (χ0n) is 16.8. The Kier molecular flexibility index (Phi) is 6.15. The Morgan fingerprint density at radius 3 is 2.71 bits per heavy atom. The Morgan fingerprint density at radius 2 is 2.00 bits per heavy atom. The first-order valence-electron chi connectivity index (χ1n) is 9.57. The number of carbonyl (C=O) groups is 1. The maximum absolute atomic E-state index is 12.5. The van der Waals surface area contributed by atoms with Gasteiger partial charge in [-0.25, -0.2) is 4.98 Å². The van der Waals surface area contributed by atoms with Crippen LogP contribution in [0.15, 0.2) is 53.4 Å². The van der Waals surface area contributed by atoms with Crippen molar-refractivity contribution < 1.29 is 19.0 Å². The van der Waals surface area contributed by atoms with Gasteiger partial charge in [-0.1, -0.05) is 12.1 Å². The number of ether oxygens (including phenoxy) is 3. The SMILES string of the molecule is Cc1nc(COc2ccc(/C=C(\C#N)C(=O)Nc3ccc4c(c3)OCCO4)cc2)cs1. The number of nitrogens with one attached hydrogen (secondary N) is 1. The standard InChI is InChI=1S/C23H19N3O4S/c1-15-25-19(14-31-15)13-30-20-5-2-16(3-6-20)10-17(12-24)23(27)26-18-4-7-21-22(11-18)29-9-8-28-21/h2-7,10-11,14H,8-9,13H2,1H3,(H,26,27)/b17-10+. The van der Waals surface area contributed by atoms with Gasteiger partial charge in [0.2, 0.25) is 0 Å². The lowest BCUT2D eigenvalue weighted by atomic mass is 10.1. The van der Waals surface area contributed by atoms with Crippen molar-refractivity contribution in [1.29, 1.82) is 5.26 Å². The van der Waals surface area contributed by atoms with E-state index in [0.717, 1.165) is 10.7 Å². The molecule has 0 unspecified atom stereocenters. The molecule has 1 amide bonds. The number of aromatic nitrogens is 1. The fourth-order valence-electron chi connectivity index (χ4n) is 2.93. The highest BCUT2D eigenvalue weighted by molar-refractivity contribution is 7.09. The summed E-state index contributed by atoms with van der Waals surface area (Å²) >= 11 is 1.58. The minimum Gasteiger partial charge on any atom is -0.487 e. The van der Waals surface area contributed by atoms with Crippen LogP contribution in [0.4, 0.5) is 5.69 Å². The highest BCUT2D eigenvalue weighted by atomic mass is 32.1. The minimum atomic E-state index is -0.501. The Bertz CT molecular complexity index is 1160. The van der Waals surface area contributed by atoms with Crippen molar-refractivity contribution in [2.45, 2.75) is 13.5 Å². The molecule has 2 aromatic carbocycles. The van der Waals surface area contributed by atoms with E-state index in [2.05, 4.69) is 10.3 Å². The van der Waals surface area contributed by atoms with Crippen molar-refractivity contribution in [2.75, 3.05) is 18.5 Å². The molecule has 8 heteroatoms. The lowest BCUT2D eigenvalue weighted by Gasteiger charge is -2.18. The Balaban J connectivity index is 1.40. The second-order valence-corrected chi connectivity index (χ2v) is 7.76. The van der Waals surface area contributed by atoms with Crippen LogP contribution in [-0.4, -0.2) is 24.1 Å². The van der Waals surface area contributed by atoms with E-state index in [1.54, 1.807) is 53.8 Å². The summed E-state index contributed by atoms with van der Waals surface area (Å²) < 4.78 is 16.7. The quantitative estimate of drug-likeness (QED) is 0.459. The second kappa shape index (κ2) is 9.32. The summed E-state index contributed by atoms with van der Waals surface area (Å²) in [5.74, 6) is 1.38. The fourth-order valence-corrected chi connectivity index (χ4v) is 3.52. The molecule has 0 atom stereocenters. The van der Waals surface area contributed by atoms with Crippen LogP contribution >= 0.6 is 11.3 Å². The van der Waals surface area contributed by atoms with Crippen LogP contribution in [0.25, 0.3) is 6.08 Å². The first-order valence-corrected chi connectivity index (χ1v) is 10.5. The lowest BCUT2D eigenvalue weighted by molar-refractivity contribution is -0.112. The van der Waals surface area contributed by atoms with Gasteiger partial charge in [-0.15, -0.1) is 11.3 Å². The van der Waals surface area contributed by atoms with Gasteiger partial charge in [0.05, 0.1) is 10.7 Å². The maximum Gasteiger partial charge on any atom is 0.266 e. The number of fused-ring (bicyclic) bond motifs is 1. The molecule has 1 N–H and O–H groups in total. The first kappa shape index (κ1) is 20.4. The molecule has 0 bridgehead atoms. The average molecular weight is 433 g/mol. The van der Waals surface area contributed by atoms with Gasteiger partial charge in [0.15, 0.2) is 11.5 Å². The number of hydrogen-bond acceptors (Lipinski definition) is 7. The summed E-state index contributed by atoms with van der Waals surface area (Å²) in [4.78, 5) is 16.9. The molecule has 1 aliphatic rings. The largest absolute Gasteiger partial charge is 0.487 e. The number of amides is 1. The van der Waals surface area contributed by atoms with Gasteiger partial charge in [0.25, 0.3) is 5.91 Å². The van der Waals surface area contributed by atoms with E-state index < -0.39 is 5.91 Å². The molecule has 0 saturated heterocycles. The van der Waals surface area contributed by atoms with Gasteiger partial charge in [-0.05, 0) is 42.8 Å². The first-order chi connectivity index (χ1) is 15.1. The molecule has 156 valence electrons. The molecular weight excluding hydrogens is 414 g/mol. The summed E-state index contributed by atoms with van der Waals surface area (Å²) in [6, 6.07) is 14.2. The van der Waals surface area contributed by atoms with Crippen LogP contribution in [0.3, 0.4) is 0 Å². The minimum absolute atomic E-state index is 0.0125. The summed E-state index contributed by atoms with van der Waals surface area (Å²) in [6.07, 6.45) is 1.53. The van der Waals surface area contributed by atoms with Crippen molar-refractivity contribution >= 4 is 29.0 Å². The number of nitriles is 1. The third-order valence-electron chi connectivity index (χ3n) is 4.41. The molecule has 0 spiro atoms. The number of hydrogen-bond donors (Lipinski definition) is 1. The highest BCUT2D eigenvalue weighted by Crippen LogP contribution is 2.32. The Labute approximate surface area is 183 Å². The van der Waals surface area contributed by atoms with Gasteiger partial charge in [-0.2, -0.15) is 5.26 Å². The zero-order valence-corrected chi connectivity index (χ0v) is 17.6. The van der Waals surface area contributed by atoms with Crippen LogP contribution in [0.1, 0.15) is 16.3 Å². The molecule has 0 saturated carbocycles. The summed E-state index contributed by atoms with van der Waals surface area (Å²) in [7, 11) is 0. The number of rotatable bonds is 6. The highest BCUT2D eigenvalue weighted by Gasteiger charge is 2.14. The molecule has 3 aromatic rings. The van der Waals surface area contributed by atoms with Crippen LogP contribution in [0, 0.1) is 18.3 Å². The normalized spacial score (nSPS) is 12.7. The Morgan fingerprint density at radius 1 is 1.23 bits per heavy atom. The third kappa shape index (κ3) is 5.21. The summed E-state index contributed by atoms with van der Waals surface area (Å²) in [5, 5.41) is 15.1. The molecule has 0 fully saturated rings. The average Bonchev–Trinajstić information content (AvgIpc) is 3.21. The number of thiazole rings is 1. The number of aryl methyl sites for hydroxylation is 1. The monoisotopic (exact) mass is 433 g/mol. The van der Waals surface area contributed by atoms with Crippen LogP contribution in [0.2, 0.25) is 0 Å². The molecule has 7 nitrogen and oxygen atoms in total. The van der Waals surface area contributed by atoms with Crippen LogP contribution in [-0.2, 0) is 11.4 Å². The number of benzene rings is 2. The predicted molar refractivity (Wildman–Crippen MR) is 117 cm³/mol. The van der Waals surface area contributed by atoms with Crippen molar-refractivity contribution in [3.8, 4) is 23.3 Å². The van der Waals surface area contributed by atoms with Gasteiger partial charge in [-0.3, -0.25) is 4.79 Å². The second-order valence-electron chi connectivity index (χ2n) is 6.70. The predicted octanol–water partition coefficient (Wildman–Crippen LogP) is 4.35. The van der Waals surface area contributed by atoms with Crippen molar-refractivity contribution in [3.63, 3.8) is 0 Å². The summed E-state index contributed by atoms with van der Waals surface area (Å²) in [5.41, 5.74) is 2.11. The van der Waals surface area contributed by atoms with E-state index in [0.29, 0.717) is 48.3 Å². The van der Waals surface area contributed by atoms with E-state index in [4.69, 9.17) is 14.2 Å². The van der Waals surface area contributed by atoms with Gasteiger partial charge in [0, 0.05) is 17.1 Å². The zero-order chi connectivity index (χ0) is 21.6. The molecule has 4 rings (SSSR count). The van der Waals surface area contributed by atoms with Gasteiger partial charge in [0.1, 0.15) is 37.2 Å². The van der Waals surface area contributed by atoms with Crippen molar-refractivity contribution in [1.82, 2.24) is 4.98 Å². The fraction of sp³-hybridized carbons (Fsp3) is 0.174. The smallest absolute Gasteiger partial charge is 0.266 e. The lowest BCUT2D eigenvalue weighted by Crippen LogP contribution is -2.17. The van der Waals surface area contributed by atoms with Crippen molar-refractivity contribution in [2.24, 2.45) is 0 Å². The molecule has 31 heavy (non-hydrogen) atoms. The molecule has 1 aliphatic heterocycles. The van der Waals surface area contributed by atoms with Crippen LogP contribution < -0.4 is 19.5 Å². The van der Waals surface area contributed by atoms with Crippen molar-refractivity contribution in [3.05, 3.63) is 69.7 Å². The molecule has 0 aliphatic carbocycles. The topological polar surface area (TPSA) is 93.5 Å². The summed E-state index contributed by atoms with van der Waals surface area (Å²) in [6.45, 7) is 3.29. The van der Waals surface area contributed by atoms with E-state index in [1.807, 2.05) is 18.4 Å². The Hall–Kier alpha value is -3.83. The molecular formula is C23H19N3O4S. The number of nitrogens with zero attached hydrogens (tertiary/aromatic N) is 2. The van der Waals surface area contributed by atoms with E-state index in [1.165, 1.54) is 6.08 Å². The van der Waals surface area contributed by atoms with E-state index >= 15 is 0 Å². The van der Waals surface area contributed by atoms with E-state index in [9.17, 15) is 10.1 Å². The van der Waals surface area contributed by atoms with Crippen LogP contribution in [0.5, 0.6) is 17.2 Å². The number of anilines is 1. The number of carbonyl (C=O) groups excluding carboxylic acids is 1. The maximum atomic E-state index is 12.5. The third-order valence-corrected chi connectivity index (χ3v) is 5.23. The molecule has 0 radical (unpaired) electrons. The molecule has 2 heterocycles.